The molecule has 0 spiro atoms. The van der Waals surface area contributed by atoms with Crippen LogP contribution in [0.15, 0.2) is 48.5 Å². The first-order valence-corrected chi connectivity index (χ1v) is 7.30. The third-order valence-electron chi connectivity index (χ3n) is 3.27. The van der Waals surface area contributed by atoms with Crippen LogP contribution < -0.4 is 5.32 Å². The Kier molecular flexibility index (Phi) is 5.57. The Hall–Kier alpha value is -1.38. The fourth-order valence-electron chi connectivity index (χ4n) is 2.18. The maximum absolute atomic E-state index is 13.0. The van der Waals surface area contributed by atoms with E-state index in [4.69, 9.17) is 11.6 Å². The number of rotatable bonds is 6. The summed E-state index contributed by atoms with van der Waals surface area (Å²) in [4.78, 5) is 0. The summed E-state index contributed by atoms with van der Waals surface area (Å²) < 4.78 is 13.0. The molecule has 0 aliphatic carbocycles. The molecule has 2 aromatic rings. The molecular formula is C17H19ClFN. The number of nitrogens with one attached hydrogen (secondary N) is 1. The second-order valence-corrected chi connectivity index (χ2v) is 5.33. The summed E-state index contributed by atoms with van der Waals surface area (Å²) in [7, 11) is 0. The summed E-state index contributed by atoms with van der Waals surface area (Å²) >= 11 is 5.94. The fraction of sp³-hybridized carbons (Fsp3) is 0.294. The van der Waals surface area contributed by atoms with E-state index in [9.17, 15) is 4.39 Å². The zero-order valence-electron chi connectivity index (χ0n) is 11.6. The molecule has 0 saturated heterocycles. The molecule has 20 heavy (non-hydrogen) atoms. The quantitative estimate of drug-likeness (QED) is 0.809. The molecular weight excluding hydrogens is 273 g/mol. The Bertz CT molecular complexity index is 522. The van der Waals surface area contributed by atoms with E-state index >= 15 is 0 Å². The van der Waals surface area contributed by atoms with Gasteiger partial charge < -0.3 is 5.32 Å². The van der Waals surface area contributed by atoms with Crippen LogP contribution in [-0.4, -0.2) is 6.54 Å². The highest BCUT2D eigenvalue weighted by Crippen LogP contribution is 2.21. The highest BCUT2D eigenvalue weighted by Gasteiger charge is 2.11. The van der Waals surface area contributed by atoms with Crippen molar-refractivity contribution in [1.29, 1.82) is 0 Å². The van der Waals surface area contributed by atoms with E-state index in [0.717, 1.165) is 30.0 Å². The van der Waals surface area contributed by atoms with Crippen LogP contribution in [-0.2, 0) is 6.42 Å². The molecule has 0 radical (unpaired) electrons. The van der Waals surface area contributed by atoms with Gasteiger partial charge in [-0.1, -0.05) is 42.8 Å². The highest BCUT2D eigenvalue weighted by atomic mass is 35.5. The molecule has 0 heterocycles. The predicted octanol–water partition coefficient (Wildman–Crippen LogP) is 4.76. The molecule has 1 N–H and O–H groups in total. The van der Waals surface area contributed by atoms with Crippen LogP contribution in [0.4, 0.5) is 4.39 Å². The summed E-state index contributed by atoms with van der Waals surface area (Å²) in [5.74, 6) is -0.196. The SMILES string of the molecule is CCCNC(Cc1ccc(F)cc1)c1ccc(Cl)cc1. The third kappa shape index (κ3) is 4.32. The standard InChI is InChI=1S/C17H19ClFN/c1-2-11-20-17(14-5-7-15(18)8-6-14)12-13-3-9-16(19)10-4-13/h3-10,17,20H,2,11-12H2,1H3. The van der Waals surface area contributed by atoms with Crippen molar-refractivity contribution in [2.45, 2.75) is 25.8 Å². The van der Waals surface area contributed by atoms with E-state index in [1.165, 1.54) is 17.7 Å². The summed E-state index contributed by atoms with van der Waals surface area (Å²) in [6, 6.07) is 14.8. The minimum Gasteiger partial charge on any atom is -0.310 e. The lowest BCUT2D eigenvalue weighted by Crippen LogP contribution is -2.24. The first-order valence-electron chi connectivity index (χ1n) is 6.92. The number of hydrogen-bond donors (Lipinski definition) is 1. The minimum atomic E-state index is -0.196. The highest BCUT2D eigenvalue weighted by molar-refractivity contribution is 6.30. The first kappa shape index (κ1) is 15.0. The van der Waals surface area contributed by atoms with Crippen molar-refractivity contribution in [3.63, 3.8) is 0 Å². The molecule has 0 amide bonds. The summed E-state index contributed by atoms with van der Waals surface area (Å²) in [6.07, 6.45) is 1.91. The molecule has 0 aromatic heterocycles. The Morgan fingerprint density at radius 2 is 1.70 bits per heavy atom. The van der Waals surface area contributed by atoms with E-state index in [-0.39, 0.29) is 11.9 Å². The average molecular weight is 292 g/mol. The van der Waals surface area contributed by atoms with Crippen LogP contribution in [0.25, 0.3) is 0 Å². The number of hydrogen-bond acceptors (Lipinski definition) is 1. The zero-order valence-corrected chi connectivity index (χ0v) is 12.3. The maximum Gasteiger partial charge on any atom is 0.123 e. The molecule has 0 bridgehead atoms. The van der Waals surface area contributed by atoms with E-state index < -0.39 is 0 Å². The Balaban J connectivity index is 2.14. The lowest BCUT2D eigenvalue weighted by atomic mass is 9.98. The van der Waals surface area contributed by atoms with Crippen molar-refractivity contribution in [1.82, 2.24) is 5.32 Å². The second kappa shape index (κ2) is 7.41. The Morgan fingerprint density at radius 3 is 2.30 bits per heavy atom. The van der Waals surface area contributed by atoms with Gasteiger partial charge in [-0.25, -0.2) is 4.39 Å². The van der Waals surface area contributed by atoms with Gasteiger partial charge in [-0.2, -0.15) is 0 Å². The topological polar surface area (TPSA) is 12.0 Å². The van der Waals surface area contributed by atoms with E-state index in [1.54, 1.807) is 0 Å². The van der Waals surface area contributed by atoms with Crippen molar-refractivity contribution in [3.05, 3.63) is 70.5 Å². The van der Waals surface area contributed by atoms with Gasteiger partial charge in [0.05, 0.1) is 0 Å². The molecule has 0 saturated carbocycles. The Labute approximate surface area is 124 Å². The second-order valence-electron chi connectivity index (χ2n) is 4.89. The van der Waals surface area contributed by atoms with Gasteiger partial charge >= 0.3 is 0 Å². The molecule has 0 fully saturated rings. The van der Waals surface area contributed by atoms with Gasteiger partial charge in [-0.05, 0) is 54.8 Å². The third-order valence-corrected chi connectivity index (χ3v) is 3.52. The lowest BCUT2D eigenvalue weighted by Gasteiger charge is -2.19. The predicted molar refractivity (Wildman–Crippen MR) is 82.6 cm³/mol. The number of benzene rings is 2. The van der Waals surface area contributed by atoms with E-state index in [2.05, 4.69) is 12.2 Å². The molecule has 0 aliphatic rings. The molecule has 106 valence electrons. The average Bonchev–Trinajstić information content (AvgIpc) is 2.46. The van der Waals surface area contributed by atoms with Gasteiger partial charge in [0.2, 0.25) is 0 Å². The van der Waals surface area contributed by atoms with Gasteiger partial charge in [-0.3, -0.25) is 0 Å². The van der Waals surface area contributed by atoms with Gasteiger partial charge in [0, 0.05) is 11.1 Å². The maximum atomic E-state index is 13.0. The smallest absolute Gasteiger partial charge is 0.123 e. The zero-order chi connectivity index (χ0) is 14.4. The van der Waals surface area contributed by atoms with Gasteiger partial charge in [0.1, 0.15) is 5.82 Å². The summed E-state index contributed by atoms with van der Waals surface area (Å²) in [6.45, 7) is 3.10. The van der Waals surface area contributed by atoms with Crippen molar-refractivity contribution >= 4 is 11.6 Å². The fourth-order valence-corrected chi connectivity index (χ4v) is 2.30. The molecule has 1 atom stereocenters. The molecule has 0 aliphatic heterocycles. The van der Waals surface area contributed by atoms with Gasteiger partial charge in [0.15, 0.2) is 0 Å². The molecule has 2 aromatic carbocycles. The minimum absolute atomic E-state index is 0.196. The van der Waals surface area contributed by atoms with Crippen LogP contribution >= 0.6 is 11.6 Å². The first-order chi connectivity index (χ1) is 9.69. The van der Waals surface area contributed by atoms with Crippen molar-refractivity contribution in [2.24, 2.45) is 0 Å². The van der Waals surface area contributed by atoms with Crippen LogP contribution in [0.3, 0.4) is 0 Å². The summed E-state index contributed by atoms with van der Waals surface area (Å²) in [5.41, 5.74) is 2.32. The molecule has 2 rings (SSSR count). The van der Waals surface area contributed by atoms with E-state index in [0.29, 0.717) is 0 Å². The van der Waals surface area contributed by atoms with Crippen LogP contribution in [0.5, 0.6) is 0 Å². The van der Waals surface area contributed by atoms with Crippen molar-refractivity contribution in [2.75, 3.05) is 6.54 Å². The van der Waals surface area contributed by atoms with Crippen molar-refractivity contribution in [3.8, 4) is 0 Å². The van der Waals surface area contributed by atoms with Crippen LogP contribution in [0.1, 0.15) is 30.5 Å². The number of halogens is 2. The largest absolute Gasteiger partial charge is 0.310 e. The van der Waals surface area contributed by atoms with Crippen molar-refractivity contribution < 1.29 is 4.39 Å². The normalized spacial score (nSPS) is 12.3. The van der Waals surface area contributed by atoms with E-state index in [1.807, 2.05) is 36.4 Å². The lowest BCUT2D eigenvalue weighted by molar-refractivity contribution is 0.528. The Morgan fingerprint density at radius 1 is 1.05 bits per heavy atom. The monoisotopic (exact) mass is 291 g/mol. The molecule has 1 nitrogen and oxygen atoms in total. The summed E-state index contributed by atoms with van der Waals surface area (Å²) in [5, 5.41) is 4.27. The van der Waals surface area contributed by atoms with Crippen LogP contribution in [0.2, 0.25) is 5.02 Å². The molecule has 1 unspecified atom stereocenters. The van der Waals surface area contributed by atoms with Crippen LogP contribution in [0, 0.1) is 5.82 Å². The molecule has 3 heteroatoms. The van der Waals surface area contributed by atoms with Gasteiger partial charge in [-0.15, -0.1) is 0 Å². The van der Waals surface area contributed by atoms with Gasteiger partial charge in [0.25, 0.3) is 0 Å².